The molecule has 0 saturated heterocycles. The van der Waals surface area contributed by atoms with E-state index in [1.54, 1.807) is 32.1 Å². The first-order chi connectivity index (χ1) is 8.23. The molecule has 3 aliphatic rings. The lowest BCUT2D eigenvalue weighted by Crippen LogP contribution is -2.37. The average Bonchev–Trinajstić information content (AvgIpc) is 2.83. The van der Waals surface area contributed by atoms with Crippen LogP contribution >= 0.6 is 0 Å². The molecule has 0 aromatic rings. The highest BCUT2D eigenvalue weighted by molar-refractivity contribution is 5.04. The van der Waals surface area contributed by atoms with Crippen LogP contribution in [0.4, 0.5) is 0 Å². The van der Waals surface area contributed by atoms with Gasteiger partial charge in [-0.1, -0.05) is 13.3 Å². The van der Waals surface area contributed by atoms with Crippen molar-refractivity contribution in [3.05, 3.63) is 0 Å². The molecule has 98 valence electrons. The lowest BCUT2D eigenvalue weighted by atomic mass is 9.78. The normalized spacial score (nSPS) is 39.5. The van der Waals surface area contributed by atoms with Crippen molar-refractivity contribution < 1.29 is 0 Å². The minimum atomic E-state index is 0.713. The third kappa shape index (κ3) is 2.28. The predicted octanol–water partition coefficient (Wildman–Crippen LogP) is 3.98. The molecule has 4 atom stereocenters. The average molecular weight is 235 g/mol. The van der Waals surface area contributed by atoms with Gasteiger partial charge in [0.2, 0.25) is 0 Å². The van der Waals surface area contributed by atoms with Crippen LogP contribution in [0.3, 0.4) is 0 Å². The molecule has 1 heteroatoms. The topological polar surface area (TPSA) is 12.0 Å². The minimum Gasteiger partial charge on any atom is -0.314 e. The summed E-state index contributed by atoms with van der Waals surface area (Å²) in [5.74, 6) is 3.35. The van der Waals surface area contributed by atoms with E-state index in [2.05, 4.69) is 19.2 Å². The molecule has 1 nitrogen and oxygen atoms in total. The zero-order chi connectivity index (χ0) is 11.9. The van der Waals surface area contributed by atoms with Crippen LogP contribution < -0.4 is 5.32 Å². The predicted molar refractivity (Wildman–Crippen MR) is 73.0 cm³/mol. The minimum absolute atomic E-state index is 0.713. The fourth-order valence-electron chi connectivity index (χ4n) is 4.70. The maximum absolute atomic E-state index is 3.75. The van der Waals surface area contributed by atoms with Gasteiger partial charge in [0.1, 0.15) is 0 Å². The molecule has 0 aliphatic heterocycles. The van der Waals surface area contributed by atoms with Crippen molar-refractivity contribution in [1.82, 2.24) is 5.32 Å². The highest BCUT2D eigenvalue weighted by Crippen LogP contribution is 2.59. The Morgan fingerprint density at radius 3 is 2.59 bits per heavy atom. The van der Waals surface area contributed by atoms with Crippen LogP contribution in [0.2, 0.25) is 0 Å². The van der Waals surface area contributed by atoms with E-state index in [0.29, 0.717) is 5.41 Å². The molecule has 0 radical (unpaired) electrons. The van der Waals surface area contributed by atoms with Gasteiger partial charge in [-0.2, -0.15) is 0 Å². The Balaban J connectivity index is 1.53. The molecule has 0 heterocycles. The molecule has 0 spiro atoms. The van der Waals surface area contributed by atoms with E-state index in [1.807, 2.05) is 0 Å². The van der Waals surface area contributed by atoms with Crippen molar-refractivity contribution in [3.63, 3.8) is 0 Å². The van der Waals surface area contributed by atoms with Gasteiger partial charge in [0.25, 0.3) is 0 Å². The fraction of sp³-hybridized carbons (Fsp3) is 1.00. The zero-order valence-electron chi connectivity index (χ0n) is 11.7. The summed E-state index contributed by atoms with van der Waals surface area (Å²) in [6.07, 6.45) is 12.1. The largest absolute Gasteiger partial charge is 0.314 e. The van der Waals surface area contributed by atoms with Gasteiger partial charge in [0.05, 0.1) is 0 Å². The van der Waals surface area contributed by atoms with Gasteiger partial charge in [0.15, 0.2) is 0 Å². The summed E-state index contributed by atoms with van der Waals surface area (Å²) in [5.41, 5.74) is 0.713. The third-order valence-electron chi connectivity index (χ3n) is 6.06. The van der Waals surface area contributed by atoms with Gasteiger partial charge in [-0.3, -0.25) is 0 Å². The Labute approximate surface area is 107 Å². The standard InChI is InChI=1S/C16H29N/c1-3-8-17-12(2)16(6-7-16)11-15-10-13-4-5-14(15)9-13/h12-15,17H,3-11H2,1-2H3. The number of hydrogen-bond donors (Lipinski definition) is 1. The third-order valence-corrected chi connectivity index (χ3v) is 6.06. The van der Waals surface area contributed by atoms with E-state index >= 15 is 0 Å². The lowest BCUT2D eigenvalue weighted by molar-refractivity contribution is 0.220. The van der Waals surface area contributed by atoms with Crippen molar-refractivity contribution in [2.45, 2.75) is 71.3 Å². The van der Waals surface area contributed by atoms with Crippen molar-refractivity contribution in [2.75, 3.05) is 6.54 Å². The Morgan fingerprint density at radius 1 is 1.24 bits per heavy atom. The second kappa shape index (κ2) is 4.57. The van der Waals surface area contributed by atoms with E-state index in [1.165, 1.54) is 25.8 Å². The van der Waals surface area contributed by atoms with Gasteiger partial charge in [-0.25, -0.2) is 0 Å². The Morgan fingerprint density at radius 2 is 2.06 bits per heavy atom. The van der Waals surface area contributed by atoms with E-state index in [0.717, 1.165) is 23.8 Å². The van der Waals surface area contributed by atoms with E-state index in [-0.39, 0.29) is 0 Å². The number of rotatable bonds is 6. The summed E-state index contributed by atoms with van der Waals surface area (Å²) < 4.78 is 0. The van der Waals surface area contributed by atoms with Crippen molar-refractivity contribution >= 4 is 0 Å². The van der Waals surface area contributed by atoms with Crippen molar-refractivity contribution in [3.8, 4) is 0 Å². The van der Waals surface area contributed by atoms with Crippen LogP contribution in [0.1, 0.15) is 65.2 Å². The maximum Gasteiger partial charge on any atom is 0.00952 e. The molecule has 4 unspecified atom stereocenters. The Hall–Kier alpha value is -0.0400. The molecule has 3 saturated carbocycles. The number of hydrogen-bond acceptors (Lipinski definition) is 1. The second-order valence-electron chi connectivity index (χ2n) is 7.18. The van der Waals surface area contributed by atoms with Crippen LogP contribution in [-0.2, 0) is 0 Å². The number of nitrogens with one attached hydrogen (secondary N) is 1. The van der Waals surface area contributed by atoms with E-state index in [4.69, 9.17) is 0 Å². The van der Waals surface area contributed by atoms with E-state index in [9.17, 15) is 0 Å². The second-order valence-corrected chi connectivity index (χ2v) is 7.18. The van der Waals surface area contributed by atoms with Crippen LogP contribution in [0.5, 0.6) is 0 Å². The molecule has 0 amide bonds. The highest BCUT2D eigenvalue weighted by Gasteiger charge is 2.51. The van der Waals surface area contributed by atoms with Crippen LogP contribution in [-0.4, -0.2) is 12.6 Å². The van der Waals surface area contributed by atoms with Crippen molar-refractivity contribution in [1.29, 1.82) is 0 Å². The summed E-state index contributed by atoms with van der Waals surface area (Å²) in [5, 5.41) is 3.75. The molecule has 0 aromatic heterocycles. The molecule has 3 aliphatic carbocycles. The quantitative estimate of drug-likeness (QED) is 0.734. The maximum atomic E-state index is 3.75. The van der Waals surface area contributed by atoms with Crippen LogP contribution in [0, 0.1) is 23.2 Å². The Kier molecular flexibility index (Phi) is 3.23. The van der Waals surface area contributed by atoms with E-state index < -0.39 is 0 Å². The van der Waals surface area contributed by atoms with Crippen molar-refractivity contribution in [2.24, 2.45) is 23.2 Å². The molecule has 2 bridgehead atoms. The van der Waals surface area contributed by atoms with Gasteiger partial charge < -0.3 is 5.32 Å². The van der Waals surface area contributed by atoms with Crippen LogP contribution in [0.15, 0.2) is 0 Å². The zero-order valence-corrected chi connectivity index (χ0v) is 11.7. The smallest absolute Gasteiger partial charge is 0.00952 e. The highest BCUT2D eigenvalue weighted by atomic mass is 14.9. The molecule has 1 N–H and O–H groups in total. The summed E-state index contributed by atoms with van der Waals surface area (Å²) in [6.45, 7) is 5.92. The molecule has 17 heavy (non-hydrogen) atoms. The fourth-order valence-corrected chi connectivity index (χ4v) is 4.70. The SMILES string of the molecule is CCCNC(C)C1(CC2CC3CCC2C3)CC1. The van der Waals surface area contributed by atoms with Crippen LogP contribution in [0.25, 0.3) is 0 Å². The molecule has 0 aromatic carbocycles. The molecule has 3 fully saturated rings. The molecular formula is C16H29N. The number of fused-ring (bicyclic) bond motifs is 2. The summed E-state index contributed by atoms with van der Waals surface area (Å²) in [6, 6.07) is 0.765. The summed E-state index contributed by atoms with van der Waals surface area (Å²) in [4.78, 5) is 0. The first kappa shape index (κ1) is 12.0. The monoisotopic (exact) mass is 235 g/mol. The summed E-state index contributed by atoms with van der Waals surface area (Å²) >= 11 is 0. The molecule has 3 rings (SSSR count). The van der Waals surface area contributed by atoms with Gasteiger partial charge in [-0.15, -0.1) is 0 Å². The molecular weight excluding hydrogens is 206 g/mol. The Bertz CT molecular complexity index is 269. The van der Waals surface area contributed by atoms with Gasteiger partial charge >= 0.3 is 0 Å². The van der Waals surface area contributed by atoms with Gasteiger partial charge in [0, 0.05) is 6.04 Å². The summed E-state index contributed by atoms with van der Waals surface area (Å²) in [7, 11) is 0. The first-order valence-electron chi connectivity index (χ1n) is 7.97. The van der Waals surface area contributed by atoms with Gasteiger partial charge in [-0.05, 0) is 81.6 Å². The lowest BCUT2D eigenvalue weighted by Gasteiger charge is -2.31. The first-order valence-corrected chi connectivity index (χ1v) is 7.97.